The highest BCUT2D eigenvalue weighted by atomic mass is 16.5. The number of carbonyl (C=O) groups is 1. The Hall–Kier alpha value is -3.98. The van der Waals surface area contributed by atoms with Gasteiger partial charge in [-0.3, -0.25) is 4.79 Å². The van der Waals surface area contributed by atoms with Crippen LogP contribution in [0.4, 0.5) is 5.69 Å². The molecule has 0 bridgehead atoms. The number of amides is 1. The molecule has 2 aromatic carbocycles. The van der Waals surface area contributed by atoms with E-state index in [0.29, 0.717) is 18.0 Å². The van der Waals surface area contributed by atoms with Crippen molar-refractivity contribution in [1.82, 2.24) is 4.57 Å². The van der Waals surface area contributed by atoms with Gasteiger partial charge in [0, 0.05) is 29.3 Å². The van der Waals surface area contributed by atoms with E-state index in [1.165, 1.54) is 0 Å². The van der Waals surface area contributed by atoms with E-state index in [0.717, 1.165) is 22.7 Å². The van der Waals surface area contributed by atoms with Crippen LogP contribution in [0.2, 0.25) is 0 Å². The summed E-state index contributed by atoms with van der Waals surface area (Å²) in [5.74, 6) is 0.964. The Morgan fingerprint density at radius 1 is 1.17 bits per heavy atom. The van der Waals surface area contributed by atoms with Gasteiger partial charge in [0.2, 0.25) is 0 Å². The smallest absolute Gasteiger partial charge is 0.266 e. The number of anilines is 1. The fourth-order valence-corrected chi connectivity index (χ4v) is 3.04. The summed E-state index contributed by atoms with van der Waals surface area (Å²) in [4.78, 5) is 12.6. The summed E-state index contributed by atoms with van der Waals surface area (Å²) in [6.07, 6.45) is 3.46. The first-order valence-corrected chi connectivity index (χ1v) is 9.53. The minimum atomic E-state index is -0.471. The second-order valence-corrected chi connectivity index (χ2v) is 6.57. The van der Waals surface area contributed by atoms with Crippen molar-refractivity contribution >= 4 is 17.7 Å². The zero-order valence-electron chi connectivity index (χ0n) is 17.2. The minimum Gasteiger partial charge on any atom is -0.497 e. The number of carbonyl (C=O) groups excluding carboxylic acids is 1. The largest absolute Gasteiger partial charge is 0.497 e. The number of methoxy groups -OCH3 is 1. The van der Waals surface area contributed by atoms with Crippen LogP contribution in [0.15, 0.2) is 66.4 Å². The van der Waals surface area contributed by atoms with E-state index in [-0.39, 0.29) is 5.57 Å². The van der Waals surface area contributed by atoms with Gasteiger partial charge in [-0.25, -0.2) is 0 Å². The highest BCUT2D eigenvalue weighted by Crippen LogP contribution is 2.21. The average Bonchev–Trinajstić information content (AvgIpc) is 3.12. The Kier molecular flexibility index (Phi) is 6.56. The molecule has 1 heterocycles. The number of rotatable bonds is 7. The molecular formula is C24H23N3O3. The molecule has 0 aliphatic carbocycles. The van der Waals surface area contributed by atoms with Crippen LogP contribution >= 0.6 is 0 Å². The lowest BCUT2D eigenvalue weighted by Crippen LogP contribution is -2.13. The molecule has 6 heteroatoms. The highest BCUT2D eigenvalue weighted by molar-refractivity contribution is 6.09. The summed E-state index contributed by atoms with van der Waals surface area (Å²) in [6, 6.07) is 18.6. The van der Waals surface area contributed by atoms with Gasteiger partial charge in [-0.05, 0) is 68.0 Å². The quantitative estimate of drug-likeness (QED) is 0.458. The van der Waals surface area contributed by atoms with Crippen LogP contribution in [0.3, 0.4) is 0 Å². The van der Waals surface area contributed by atoms with Crippen molar-refractivity contribution < 1.29 is 14.3 Å². The molecule has 6 nitrogen and oxygen atoms in total. The Balaban J connectivity index is 1.81. The van der Waals surface area contributed by atoms with Gasteiger partial charge in [-0.2, -0.15) is 5.26 Å². The van der Waals surface area contributed by atoms with Crippen LogP contribution in [-0.2, 0) is 4.79 Å². The van der Waals surface area contributed by atoms with Crippen LogP contribution in [-0.4, -0.2) is 24.2 Å². The Morgan fingerprint density at radius 2 is 1.93 bits per heavy atom. The first-order chi connectivity index (χ1) is 14.5. The topological polar surface area (TPSA) is 76.3 Å². The SMILES string of the molecule is CCOc1cccc(NC(=O)/C(C#N)=C/c2cc(C)n(-c3ccc(OC)cc3)c2)c1. The third-order valence-corrected chi connectivity index (χ3v) is 4.46. The molecule has 0 atom stereocenters. The summed E-state index contributed by atoms with van der Waals surface area (Å²) in [6.45, 7) is 4.39. The molecule has 30 heavy (non-hydrogen) atoms. The van der Waals surface area contributed by atoms with Gasteiger partial charge in [0.05, 0.1) is 13.7 Å². The molecule has 1 N–H and O–H groups in total. The number of hydrogen-bond acceptors (Lipinski definition) is 4. The van der Waals surface area contributed by atoms with Gasteiger partial charge >= 0.3 is 0 Å². The van der Waals surface area contributed by atoms with Crippen molar-refractivity contribution in [3.8, 4) is 23.3 Å². The van der Waals surface area contributed by atoms with E-state index in [1.807, 2.05) is 67.1 Å². The second kappa shape index (κ2) is 9.48. The number of aromatic nitrogens is 1. The summed E-state index contributed by atoms with van der Waals surface area (Å²) >= 11 is 0. The molecule has 1 amide bonds. The predicted octanol–water partition coefficient (Wildman–Crippen LogP) is 4.74. The molecule has 1 aromatic heterocycles. The standard InChI is InChI=1S/C24H23N3O3/c1-4-30-23-7-5-6-20(14-23)26-24(28)19(15-25)13-18-12-17(2)27(16-18)21-8-10-22(29-3)11-9-21/h5-14,16H,4H2,1-3H3,(H,26,28)/b19-13+. The maximum Gasteiger partial charge on any atom is 0.266 e. The molecule has 0 saturated carbocycles. The van der Waals surface area contributed by atoms with Gasteiger partial charge in [-0.1, -0.05) is 6.07 Å². The molecule has 0 saturated heterocycles. The zero-order valence-corrected chi connectivity index (χ0v) is 17.2. The second-order valence-electron chi connectivity index (χ2n) is 6.57. The Bertz CT molecular complexity index is 1110. The van der Waals surface area contributed by atoms with E-state index in [4.69, 9.17) is 9.47 Å². The Morgan fingerprint density at radius 3 is 2.60 bits per heavy atom. The number of hydrogen-bond donors (Lipinski definition) is 1. The molecule has 152 valence electrons. The van der Waals surface area contributed by atoms with Crippen LogP contribution < -0.4 is 14.8 Å². The lowest BCUT2D eigenvalue weighted by atomic mass is 10.2. The molecule has 3 rings (SSSR count). The van der Waals surface area contributed by atoms with Crippen LogP contribution in [0, 0.1) is 18.3 Å². The number of nitrogens with zero attached hydrogens (tertiary/aromatic N) is 2. The Labute approximate surface area is 176 Å². The maximum absolute atomic E-state index is 12.6. The monoisotopic (exact) mass is 401 g/mol. The van der Waals surface area contributed by atoms with Gasteiger partial charge in [-0.15, -0.1) is 0 Å². The minimum absolute atomic E-state index is 0.0173. The third kappa shape index (κ3) is 4.89. The normalized spacial score (nSPS) is 10.9. The summed E-state index contributed by atoms with van der Waals surface area (Å²) in [5, 5.41) is 12.2. The number of ether oxygens (including phenoxy) is 2. The number of aryl methyl sites for hydroxylation is 1. The van der Waals surface area contributed by atoms with E-state index in [1.54, 1.807) is 31.4 Å². The van der Waals surface area contributed by atoms with Crippen molar-refractivity contribution in [2.24, 2.45) is 0 Å². The highest BCUT2D eigenvalue weighted by Gasteiger charge is 2.12. The molecule has 0 unspecified atom stereocenters. The summed E-state index contributed by atoms with van der Waals surface area (Å²) in [5.41, 5.74) is 3.29. The van der Waals surface area contributed by atoms with Crippen LogP contribution in [0.1, 0.15) is 18.2 Å². The lowest BCUT2D eigenvalue weighted by Gasteiger charge is -2.07. The van der Waals surface area contributed by atoms with E-state index < -0.39 is 5.91 Å². The van der Waals surface area contributed by atoms with E-state index >= 15 is 0 Å². The van der Waals surface area contributed by atoms with Crippen LogP contribution in [0.25, 0.3) is 11.8 Å². The van der Waals surface area contributed by atoms with Gasteiger partial charge in [0.1, 0.15) is 23.1 Å². The van der Waals surface area contributed by atoms with Crippen molar-refractivity contribution in [3.63, 3.8) is 0 Å². The predicted molar refractivity (Wildman–Crippen MR) is 117 cm³/mol. The van der Waals surface area contributed by atoms with Gasteiger partial charge < -0.3 is 19.4 Å². The lowest BCUT2D eigenvalue weighted by molar-refractivity contribution is -0.112. The maximum atomic E-state index is 12.6. The average molecular weight is 401 g/mol. The molecule has 0 radical (unpaired) electrons. The van der Waals surface area contributed by atoms with E-state index in [2.05, 4.69) is 5.32 Å². The third-order valence-electron chi connectivity index (χ3n) is 4.46. The number of nitriles is 1. The molecule has 0 aliphatic heterocycles. The fourth-order valence-electron chi connectivity index (χ4n) is 3.04. The molecule has 3 aromatic rings. The first kappa shape index (κ1) is 20.7. The zero-order chi connectivity index (χ0) is 21.5. The van der Waals surface area contributed by atoms with Crippen molar-refractivity contribution in [2.75, 3.05) is 19.0 Å². The van der Waals surface area contributed by atoms with Crippen molar-refractivity contribution in [3.05, 3.63) is 77.6 Å². The number of benzene rings is 2. The summed E-state index contributed by atoms with van der Waals surface area (Å²) < 4.78 is 12.6. The van der Waals surface area contributed by atoms with Gasteiger partial charge in [0.15, 0.2) is 0 Å². The number of nitrogens with one attached hydrogen (secondary N) is 1. The summed E-state index contributed by atoms with van der Waals surface area (Å²) in [7, 11) is 1.63. The molecule has 0 fully saturated rings. The van der Waals surface area contributed by atoms with Crippen molar-refractivity contribution in [1.29, 1.82) is 5.26 Å². The molecule has 0 spiro atoms. The fraction of sp³-hybridized carbons (Fsp3) is 0.167. The van der Waals surface area contributed by atoms with Gasteiger partial charge in [0.25, 0.3) is 5.91 Å². The molecular weight excluding hydrogens is 378 g/mol. The first-order valence-electron chi connectivity index (χ1n) is 9.53. The molecule has 0 aliphatic rings. The van der Waals surface area contributed by atoms with Crippen LogP contribution in [0.5, 0.6) is 11.5 Å². The van der Waals surface area contributed by atoms with Crippen molar-refractivity contribution in [2.45, 2.75) is 13.8 Å². The van der Waals surface area contributed by atoms with E-state index in [9.17, 15) is 10.1 Å².